The number of primary sulfonamides is 1. The molecular formula is C19H25N3O3S. The fraction of sp³-hybridized carbons (Fsp3) is 0.421. The summed E-state index contributed by atoms with van der Waals surface area (Å²) in [4.78, 5) is 14.8. The molecule has 2 aromatic rings. The Labute approximate surface area is 154 Å². The molecule has 7 heteroatoms. The van der Waals surface area contributed by atoms with Gasteiger partial charge in [-0.1, -0.05) is 43.7 Å². The molecule has 1 aromatic carbocycles. The Morgan fingerprint density at radius 1 is 1.19 bits per heavy atom. The van der Waals surface area contributed by atoms with Gasteiger partial charge in [-0.15, -0.1) is 0 Å². The maximum absolute atomic E-state index is 13.0. The summed E-state index contributed by atoms with van der Waals surface area (Å²) in [5.41, 5.74) is 1.36. The van der Waals surface area contributed by atoms with Gasteiger partial charge in [-0.25, -0.2) is 13.6 Å². The minimum absolute atomic E-state index is 0.0276. The third-order valence-corrected chi connectivity index (χ3v) is 5.97. The number of carbonyl (C=O) groups excluding carboxylic acids is 1. The lowest BCUT2D eigenvalue weighted by Gasteiger charge is -2.31. The van der Waals surface area contributed by atoms with E-state index in [0.717, 1.165) is 24.8 Å². The topological polar surface area (TPSA) is 85.4 Å². The van der Waals surface area contributed by atoms with E-state index >= 15 is 0 Å². The predicted molar refractivity (Wildman–Crippen MR) is 100 cm³/mol. The Kier molecular flexibility index (Phi) is 5.48. The number of hydrogen-bond donors (Lipinski definition) is 1. The lowest BCUT2D eigenvalue weighted by molar-refractivity contribution is 0.0678. The number of sulfonamides is 1. The van der Waals surface area contributed by atoms with Crippen molar-refractivity contribution < 1.29 is 13.2 Å². The molecule has 1 amide bonds. The van der Waals surface area contributed by atoms with Crippen molar-refractivity contribution in [2.24, 2.45) is 11.1 Å². The summed E-state index contributed by atoms with van der Waals surface area (Å²) in [7, 11) is -3.87. The van der Waals surface area contributed by atoms with E-state index in [-0.39, 0.29) is 10.8 Å². The molecule has 3 rings (SSSR count). The van der Waals surface area contributed by atoms with Gasteiger partial charge in [0.15, 0.2) is 0 Å². The van der Waals surface area contributed by atoms with Crippen LogP contribution in [0.4, 0.5) is 0 Å². The van der Waals surface area contributed by atoms with Crippen LogP contribution in [0.2, 0.25) is 0 Å². The number of piperidine rings is 1. The molecule has 0 radical (unpaired) electrons. The van der Waals surface area contributed by atoms with Crippen LogP contribution in [0.15, 0.2) is 47.5 Å². The van der Waals surface area contributed by atoms with Gasteiger partial charge in [0.25, 0.3) is 5.91 Å². The molecule has 2 heterocycles. The summed E-state index contributed by atoms with van der Waals surface area (Å²) < 4.78 is 25.2. The number of aromatic nitrogens is 1. The van der Waals surface area contributed by atoms with E-state index < -0.39 is 10.0 Å². The predicted octanol–water partition coefficient (Wildman–Crippen LogP) is 2.45. The molecule has 6 nitrogen and oxygen atoms in total. The van der Waals surface area contributed by atoms with Crippen molar-refractivity contribution in [3.8, 4) is 0 Å². The van der Waals surface area contributed by atoms with E-state index in [2.05, 4.69) is 6.92 Å². The number of carbonyl (C=O) groups is 1. The Balaban J connectivity index is 1.89. The molecule has 1 saturated heterocycles. The standard InChI is InChI=1S/C19H25N3O3S/c1-2-15-8-10-21(11-9-15)19(23)18-12-17(26(20,24)25)14-22(18)13-16-6-4-3-5-7-16/h3-7,12,14-15H,2,8-11,13H2,1H3,(H2,20,24,25). The second kappa shape index (κ2) is 7.63. The van der Waals surface area contributed by atoms with Crippen LogP contribution in [-0.2, 0) is 16.6 Å². The van der Waals surface area contributed by atoms with E-state index in [1.54, 1.807) is 4.57 Å². The summed E-state index contributed by atoms with van der Waals surface area (Å²) in [5.74, 6) is 0.528. The van der Waals surface area contributed by atoms with Crippen molar-refractivity contribution in [2.45, 2.75) is 37.6 Å². The van der Waals surface area contributed by atoms with Gasteiger partial charge in [0.2, 0.25) is 10.0 Å². The quantitative estimate of drug-likeness (QED) is 0.871. The zero-order valence-corrected chi connectivity index (χ0v) is 15.8. The third-order valence-electron chi connectivity index (χ3n) is 5.09. The van der Waals surface area contributed by atoms with Crippen LogP contribution in [-0.4, -0.2) is 36.9 Å². The molecule has 0 aliphatic carbocycles. The van der Waals surface area contributed by atoms with Crippen molar-refractivity contribution in [3.05, 3.63) is 53.9 Å². The number of nitrogens with two attached hydrogens (primary N) is 1. The molecule has 0 bridgehead atoms. The molecule has 1 aliphatic rings. The summed E-state index contributed by atoms with van der Waals surface area (Å²) in [6, 6.07) is 11.0. The molecule has 1 aromatic heterocycles. The van der Waals surface area contributed by atoms with Gasteiger partial charge in [0.05, 0.1) is 0 Å². The summed E-state index contributed by atoms with van der Waals surface area (Å²) in [5, 5.41) is 5.28. The first-order valence-corrected chi connectivity index (χ1v) is 10.5. The fourth-order valence-corrected chi connectivity index (χ4v) is 3.99. The highest BCUT2D eigenvalue weighted by Gasteiger charge is 2.26. The van der Waals surface area contributed by atoms with Gasteiger partial charge in [0.1, 0.15) is 10.6 Å². The van der Waals surface area contributed by atoms with Gasteiger partial charge in [0, 0.05) is 25.8 Å². The van der Waals surface area contributed by atoms with E-state index in [1.807, 2.05) is 35.2 Å². The average molecular weight is 375 g/mol. The maximum Gasteiger partial charge on any atom is 0.270 e. The Morgan fingerprint density at radius 2 is 1.85 bits per heavy atom. The summed E-state index contributed by atoms with van der Waals surface area (Å²) in [6.07, 6.45) is 4.56. The van der Waals surface area contributed by atoms with Gasteiger partial charge < -0.3 is 9.47 Å². The van der Waals surface area contributed by atoms with Crippen molar-refractivity contribution in [2.75, 3.05) is 13.1 Å². The normalized spacial score (nSPS) is 16.0. The zero-order valence-electron chi connectivity index (χ0n) is 15.0. The lowest BCUT2D eigenvalue weighted by Crippen LogP contribution is -2.39. The molecule has 140 valence electrons. The van der Waals surface area contributed by atoms with Gasteiger partial charge in [-0.3, -0.25) is 4.79 Å². The number of hydrogen-bond acceptors (Lipinski definition) is 3. The van der Waals surface area contributed by atoms with E-state index in [4.69, 9.17) is 5.14 Å². The molecule has 26 heavy (non-hydrogen) atoms. The highest BCUT2D eigenvalue weighted by Crippen LogP contribution is 2.23. The molecule has 2 N–H and O–H groups in total. The van der Waals surface area contributed by atoms with Gasteiger partial charge in [-0.2, -0.15) is 0 Å². The lowest BCUT2D eigenvalue weighted by atomic mass is 9.94. The van der Waals surface area contributed by atoms with Crippen LogP contribution in [0.5, 0.6) is 0 Å². The first kappa shape index (κ1) is 18.7. The second-order valence-corrected chi connectivity index (χ2v) is 8.42. The largest absolute Gasteiger partial charge is 0.338 e. The molecule has 1 aliphatic heterocycles. The summed E-state index contributed by atoms with van der Waals surface area (Å²) in [6.45, 7) is 4.01. The molecule has 0 saturated carbocycles. The van der Waals surface area contributed by atoms with Crippen LogP contribution in [0, 0.1) is 5.92 Å². The highest BCUT2D eigenvalue weighted by molar-refractivity contribution is 7.89. The maximum atomic E-state index is 13.0. The number of nitrogens with zero attached hydrogens (tertiary/aromatic N) is 2. The minimum atomic E-state index is -3.87. The van der Waals surface area contributed by atoms with Crippen molar-refractivity contribution in [1.82, 2.24) is 9.47 Å². The van der Waals surface area contributed by atoms with Crippen LogP contribution >= 0.6 is 0 Å². The second-order valence-electron chi connectivity index (χ2n) is 6.86. The first-order chi connectivity index (χ1) is 12.4. The number of amides is 1. The Bertz CT molecular complexity index is 867. The Morgan fingerprint density at radius 3 is 2.42 bits per heavy atom. The highest BCUT2D eigenvalue weighted by atomic mass is 32.2. The number of benzene rings is 1. The van der Waals surface area contributed by atoms with Crippen LogP contribution in [0.3, 0.4) is 0 Å². The van der Waals surface area contributed by atoms with E-state index in [0.29, 0.717) is 31.2 Å². The van der Waals surface area contributed by atoms with Gasteiger partial charge >= 0.3 is 0 Å². The monoisotopic (exact) mass is 375 g/mol. The summed E-state index contributed by atoms with van der Waals surface area (Å²) >= 11 is 0. The Hall–Kier alpha value is -2.12. The fourth-order valence-electron chi connectivity index (χ4n) is 3.44. The van der Waals surface area contributed by atoms with E-state index in [1.165, 1.54) is 12.3 Å². The van der Waals surface area contributed by atoms with Crippen LogP contribution in [0.1, 0.15) is 42.2 Å². The van der Waals surface area contributed by atoms with Crippen molar-refractivity contribution in [3.63, 3.8) is 0 Å². The van der Waals surface area contributed by atoms with E-state index in [9.17, 15) is 13.2 Å². The number of likely N-dealkylation sites (tertiary alicyclic amines) is 1. The van der Waals surface area contributed by atoms with Gasteiger partial charge in [-0.05, 0) is 30.4 Å². The third kappa shape index (κ3) is 4.16. The molecular weight excluding hydrogens is 350 g/mol. The first-order valence-electron chi connectivity index (χ1n) is 8.94. The van der Waals surface area contributed by atoms with Crippen molar-refractivity contribution >= 4 is 15.9 Å². The zero-order chi connectivity index (χ0) is 18.7. The SMILES string of the molecule is CCC1CCN(C(=O)c2cc(S(N)(=O)=O)cn2Cc2ccccc2)CC1. The van der Waals surface area contributed by atoms with Crippen molar-refractivity contribution in [1.29, 1.82) is 0 Å². The molecule has 1 fully saturated rings. The van der Waals surface area contributed by atoms with Crippen LogP contribution < -0.4 is 5.14 Å². The average Bonchev–Trinajstić information content (AvgIpc) is 3.06. The van der Waals surface area contributed by atoms with Crippen LogP contribution in [0.25, 0.3) is 0 Å². The molecule has 0 spiro atoms. The number of rotatable bonds is 5. The molecule has 0 unspecified atom stereocenters. The minimum Gasteiger partial charge on any atom is -0.338 e. The molecule has 0 atom stereocenters. The smallest absolute Gasteiger partial charge is 0.270 e.